The second-order valence-electron chi connectivity index (χ2n) is 6.36. The fraction of sp³-hybridized carbons (Fsp3) is 0.500. The van der Waals surface area contributed by atoms with Crippen LogP contribution in [0.5, 0.6) is 0 Å². The first-order chi connectivity index (χ1) is 10.1. The summed E-state index contributed by atoms with van der Waals surface area (Å²) in [5.74, 6) is -0.833. The first-order valence-corrected chi connectivity index (χ1v) is 7.54. The maximum Gasteiger partial charge on any atom is 0.308 e. The van der Waals surface area contributed by atoms with Crippen LogP contribution in [0.4, 0.5) is 0 Å². The Morgan fingerprint density at radius 3 is 3.00 bits per heavy atom. The van der Waals surface area contributed by atoms with Crippen LogP contribution in [0, 0.1) is 12.8 Å². The largest absolute Gasteiger partial charge is 0.481 e. The van der Waals surface area contributed by atoms with Crippen molar-refractivity contribution in [2.75, 3.05) is 0 Å². The van der Waals surface area contributed by atoms with Gasteiger partial charge in [-0.25, -0.2) is 4.98 Å². The number of imidazole rings is 1. The predicted octanol–water partition coefficient (Wildman–Crippen LogP) is 2.08. The molecule has 0 aromatic carbocycles. The Labute approximate surface area is 123 Å². The summed E-state index contributed by atoms with van der Waals surface area (Å²) < 4.78 is 2.05. The third-order valence-electron chi connectivity index (χ3n) is 4.99. The minimum Gasteiger partial charge on any atom is -0.481 e. The molecule has 0 amide bonds. The second-order valence-corrected chi connectivity index (χ2v) is 6.36. The summed E-state index contributed by atoms with van der Waals surface area (Å²) in [7, 11) is 0. The Morgan fingerprint density at radius 2 is 2.24 bits per heavy atom. The summed E-state index contributed by atoms with van der Waals surface area (Å²) in [5, 5.41) is 9.32. The highest BCUT2D eigenvalue weighted by molar-refractivity contribution is 5.71. The van der Waals surface area contributed by atoms with Crippen molar-refractivity contribution in [1.29, 1.82) is 0 Å². The molecule has 1 N–H and O–H groups in total. The van der Waals surface area contributed by atoms with Gasteiger partial charge in [0, 0.05) is 31.0 Å². The lowest BCUT2D eigenvalue weighted by atomic mass is 9.89. The number of rotatable bonds is 3. The smallest absolute Gasteiger partial charge is 0.308 e. The van der Waals surface area contributed by atoms with E-state index in [1.807, 2.05) is 6.07 Å². The van der Waals surface area contributed by atoms with E-state index in [4.69, 9.17) is 0 Å². The fourth-order valence-electron chi connectivity index (χ4n) is 4.03. The summed E-state index contributed by atoms with van der Waals surface area (Å²) in [5.41, 5.74) is 3.19. The van der Waals surface area contributed by atoms with Gasteiger partial charge in [-0.15, -0.1) is 0 Å². The van der Waals surface area contributed by atoms with Gasteiger partial charge in [0.25, 0.3) is 0 Å². The van der Waals surface area contributed by atoms with Crippen molar-refractivity contribution in [1.82, 2.24) is 14.3 Å². The summed E-state index contributed by atoms with van der Waals surface area (Å²) in [4.78, 5) is 18.3. The van der Waals surface area contributed by atoms with E-state index in [2.05, 4.69) is 39.7 Å². The molecule has 3 atom stereocenters. The minimum atomic E-state index is -0.641. The molecule has 2 aliphatic heterocycles. The number of carbonyl (C=O) groups is 1. The van der Waals surface area contributed by atoms with Gasteiger partial charge in [0.1, 0.15) is 5.65 Å². The van der Waals surface area contributed by atoms with Crippen LogP contribution >= 0.6 is 0 Å². The van der Waals surface area contributed by atoms with Gasteiger partial charge in [0.05, 0.1) is 11.6 Å². The monoisotopic (exact) mass is 285 g/mol. The van der Waals surface area contributed by atoms with Crippen molar-refractivity contribution in [3.05, 3.63) is 35.8 Å². The molecule has 110 valence electrons. The summed E-state index contributed by atoms with van der Waals surface area (Å²) in [6.07, 6.45) is 7.07. The van der Waals surface area contributed by atoms with Crippen LogP contribution in [-0.2, 0) is 11.3 Å². The normalized spacial score (nSPS) is 28.5. The van der Waals surface area contributed by atoms with Gasteiger partial charge in [-0.3, -0.25) is 9.69 Å². The van der Waals surface area contributed by atoms with Gasteiger partial charge in [-0.2, -0.15) is 0 Å². The molecular formula is C16H19N3O2. The number of nitrogens with zero attached hydrogens (tertiary/aromatic N) is 3. The maximum atomic E-state index is 11.3. The second kappa shape index (κ2) is 4.56. The zero-order chi connectivity index (χ0) is 14.6. The molecule has 4 rings (SSSR count). The van der Waals surface area contributed by atoms with Crippen LogP contribution in [0.2, 0.25) is 0 Å². The number of carboxylic acids is 1. The minimum absolute atomic E-state index is 0.192. The molecule has 0 radical (unpaired) electrons. The highest BCUT2D eigenvalue weighted by Crippen LogP contribution is 2.42. The molecule has 2 fully saturated rings. The molecule has 4 heterocycles. The highest BCUT2D eigenvalue weighted by Gasteiger charge is 2.49. The van der Waals surface area contributed by atoms with E-state index in [0.29, 0.717) is 6.04 Å². The van der Waals surface area contributed by atoms with E-state index in [0.717, 1.165) is 37.1 Å². The zero-order valence-electron chi connectivity index (χ0n) is 12.1. The number of carboxylic acid groups (broad SMARTS) is 1. The van der Waals surface area contributed by atoms with Crippen LogP contribution in [0.3, 0.4) is 0 Å². The number of pyridine rings is 1. The summed E-state index contributed by atoms with van der Waals surface area (Å²) in [6, 6.07) is 4.70. The van der Waals surface area contributed by atoms with Gasteiger partial charge in [-0.05, 0) is 37.8 Å². The Bertz CT molecular complexity index is 709. The Kier molecular flexibility index (Phi) is 2.79. The summed E-state index contributed by atoms with van der Waals surface area (Å²) in [6.45, 7) is 2.83. The van der Waals surface area contributed by atoms with E-state index < -0.39 is 5.97 Å². The molecule has 5 heteroatoms. The molecule has 2 aromatic heterocycles. The molecule has 3 unspecified atom stereocenters. The Hall–Kier alpha value is -1.88. The number of hydrogen-bond donors (Lipinski definition) is 1. The van der Waals surface area contributed by atoms with Crippen LogP contribution in [-0.4, -0.2) is 37.4 Å². The van der Waals surface area contributed by atoms with Crippen LogP contribution < -0.4 is 0 Å². The third kappa shape index (κ3) is 2.03. The molecule has 21 heavy (non-hydrogen) atoms. The van der Waals surface area contributed by atoms with Crippen molar-refractivity contribution >= 4 is 11.6 Å². The van der Waals surface area contributed by atoms with Gasteiger partial charge in [0.15, 0.2) is 0 Å². The molecule has 2 bridgehead atoms. The molecule has 5 nitrogen and oxygen atoms in total. The Balaban J connectivity index is 1.59. The van der Waals surface area contributed by atoms with Crippen LogP contribution in [0.1, 0.15) is 30.5 Å². The average molecular weight is 285 g/mol. The number of aliphatic carboxylic acids is 1. The number of aromatic nitrogens is 2. The number of aryl methyl sites for hydroxylation is 1. The van der Waals surface area contributed by atoms with Crippen molar-refractivity contribution < 1.29 is 9.90 Å². The number of hydrogen-bond acceptors (Lipinski definition) is 3. The number of fused-ring (bicyclic) bond motifs is 3. The standard InChI is InChI=1S/C16H19N3O2/c1-10-2-5-15-17-11(8-18(15)7-10)9-19-12-3-4-14(19)13(6-12)16(20)21/h2,5,7-8,12-14H,3-4,6,9H2,1H3,(H,20,21). The van der Waals surface area contributed by atoms with Crippen molar-refractivity contribution in [3.8, 4) is 0 Å². The Morgan fingerprint density at radius 1 is 1.38 bits per heavy atom. The molecule has 2 saturated heterocycles. The fourth-order valence-corrected chi connectivity index (χ4v) is 4.03. The first kappa shape index (κ1) is 12.8. The molecule has 2 aliphatic rings. The maximum absolute atomic E-state index is 11.3. The topological polar surface area (TPSA) is 57.8 Å². The lowest BCUT2D eigenvalue weighted by Gasteiger charge is -2.21. The average Bonchev–Trinajstić information content (AvgIpc) is 3.11. The van der Waals surface area contributed by atoms with E-state index in [1.54, 1.807) is 0 Å². The SMILES string of the molecule is Cc1ccc2nc(CN3C4CCC3C(C(=O)O)C4)cn2c1. The van der Waals surface area contributed by atoms with E-state index in [-0.39, 0.29) is 12.0 Å². The van der Waals surface area contributed by atoms with E-state index >= 15 is 0 Å². The van der Waals surface area contributed by atoms with Crippen LogP contribution in [0.15, 0.2) is 24.5 Å². The predicted molar refractivity (Wildman–Crippen MR) is 78.0 cm³/mol. The van der Waals surface area contributed by atoms with Gasteiger partial charge >= 0.3 is 5.97 Å². The van der Waals surface area contributed by atoms with Gasteiger partial charge in [-0.1, -0.05) is 6.07 Å². The van der Waals surface area contributed by atoms with Crippen molar-refractivity contribution in [2.24, 2.45) is 5.92 Å². The van der Waals surface area contributed by atoms with E-state index in [9.17, 15) is 9.90 Å². The zero-order valence-corrected chi connectivity index (χ0v) is 12.1. The lowest BCUT2D eigenvalue weighted by Crippen LogP contribution is -2.32. The van der Waals surface area contributed by atoms with Crippen LogP contribution in [0.25, 0.3) is 5.65 Å². The third-order valence-corrected chi connectivity index (χ3v) is 4.99. The summed E-state index contributed by atoms with van der Waals surface area (Å²) >= 11 is 0. The van der Waals surface area contributed by atoms with Gasteiger partial charge in [0.2, 0.25) is 0 Å². The molecule has 0 saturated carbocycles. The van der Waals surface area contributed by atoms with E-state index in [1.165, 1.54) is 5.56 Å². The van der Waals surface area contributed by atoms with Crippen molar-refractivity contribution in [2.45, 2.75) is 44.8 Å². The molecule has 0 aliphatic carbocycles. The quantitative estimate of drug-likeness (QED) is 0.938. The molecule has 2 aromatic rings. The molecular weight excluding hydrogens is 266 g/mol. The van der Waals surface area contributed by atoms with Gasteiger partial charge < -0.3 is 9.51 Å². The molecule has 0 spiro atoms. The van der Waals surface area contributed by atoms with Crippen molar-refractivity contribution in [3.63, 3.8) is 0 Å². The first-order valence-electron chi connectivity index (χ1n) is 7.54. The lowest BCUT2D eigenvalue weighted by molar-refractivity contribution is -0.142. The highest BCUT2D eigenvalue weighted by atomic mass is 16.4.